The molecule has 5 aliphatic carbocycles. The van der Waals surface area contributed by atoms with Crippen molar-refractivity contribution in [3.8, 4) is 0 Å². The summed E-state index contributed by atoms with van der Waals surface area (Å²) in [5.41, 5.74) is 0.571. The van der Waals surface area contributed by atoms with E-state index in [4.69, 9.17) is 14.2 Å². The first-order valence-corrected chi connectivity index (χ1v) is 13.4. The summed E-state index contributed by atoms with van der Waals surface area (Å²) in [7, 11) is 0. The van der Waals surface area contributed by atoms with Gasteiger partial charge in [-0.2, -0.15) is 0 Å². The quantitative estimate of drug-likeness (QED) is 0.342. The van der Waals surface area contributed by atoms with Crippen molar-refractivity contribution in [3.63, 3.8) is 0 Å². The zero-order valence-electron chi connectivity index (χ0n) is 21.7. The maximum atomic E-state index is 12.4. The Bertz CT molecular complexity index is 1010. The van der Waals surface area contributed by atoms with E-state index in [1.807, 2.05) is 0 Å². The maximum Gasteiger partial charge on any atom is 0.303 e. The number of fused-ring (bicyclic) bond motifs is 1. The predicted molar refractivity (Wildman–Crippen MR) is 127 cm³/mol. The topological polar surface area (TPSA) is 82.1 Å². The van der Waals surface area contributed by atoms with Gasteiger partial charge in [0.2, 0.25) is 0 Å². The van der Waals surface area contributed by atoms with Gasteiger partial charge in [-0.3, -0.25) is 19.3 Å². The van der Waals surface area contributed by atoms with Crippen molar-refractivity contribution in [1.82, 2.24) is 4.90 Å². The van der Waals surface area contributed by atoms with E-state index in [-0.39, 0.29) is 70.3 Å². The van der Waals surface area contributed by atoms with Crippen LogP contribution in [0, 0.1) is 39.9 Å². The van der Waals surface area contributed by atoms with E-state index >= 15 is 0 Å². The van der Waals surface area contributed by atoms with Crippen molar-refractivity contribution < 1.29 is 28.6 Å². The molecule has 11 atom stereocenters. The minimum Gasteiger partial charge on any atom is -0.462 e. The first kappa shape index (κ1) is 23.5. The van der Waals surface area contributed by atoms with Gasteiger partial charge in [0.05, 0.1) is 0 Å². The first-order chi connectivity index (χ1) is 16.5. The summed E-state index contributed by atoms with van der Waals surface area (Å²) in [4.78, 5) is 39.6. The summed E-state index contributed by atoms with van der Waals surface area (Å²) in [6.45, 7) is 15.6. The molecule has 1 saturated heterocycles. The van der Waals surface area contributed by atoms with Gasteiger partial charge in [0.1, 0.15) is 18.3 Å². The Morgan fingerprint density at radius 3 is 2.34 bits per heavy atom. The number of rotatable bonds is 4. The molecular weight excluding hydrogens is 446 g/mol. The molecule has 35 heavy (non-hydrogen) atoms. The predicted octanol–water partition coefficient (Wildman–Crippen LogP) is 3.50. The third-order valence-electron chi connectivity index (χ3n) is 11.4. The lowest BCUT2D eigenvalue weighted by Gasteiger charge is -2.65. The Labute approximate surface area is 207 Å². The summed E-state index contributed by atoms with van der Waals surface area (Å²) in [5, 5.41) is 0. The lowest BCUT2D eigenvalue weighted by molar-refractivity contribution is -0.231. The fourth-order valence-electron chi connectivity index (χ4n) is 10.9. The van der Waals surface area contributed by atoms with E-state index in [0.717, 1.165) is 50.8 Å². The lowest BCUT2D eigenvalue weighted by Crippen LogP contribution is -2.69. The number of hydrogen-bond acceptors (Lipinski definition) is 7. The average molecular weight is 486 g/mol. The first-order valence-electron chi connectivity index (χ1n) is 13.4. The van der Waals surface area contributed by atoms with Crippen LogP contribution >= 0.6 is 0 Å². The third kappa shape index (κ3) is 2.69. The Morgan fingerprint density at radius 1 is 1.03 bits per heavy atom. The molecule has 6 aliphatic rings. The zero-order chi connectivity index (χ0) is 25.1. The standard InChI is InChI=1S/C28H39NO6/c1-7-29-13-26(6)9-8-23(34-16(4)31)28-21(26)10-19(24(28)29)27-12-18(14(2)25(27)35-17(5)32)20(11-22(27)28)33-15(3)30/h18-25H,2,7-13H2,1,3-6H3/t18-,19+,20-,21+,22+,23+,24?,25+,26-,27-,28-/m0/s1. The monoisotopic (exact) mass is 485 g/mol. The molecule has 2 spiro atoms. The van der Waals surface area contributed by atoms with E-state index in [1.165, 1.54) is 20.8 Å². The van der Waals surface area contributed by atoms with Gasteiger partial charge in [-0.1, -0.05) is 20.4 Å². The second-order valence-corrected chi connectivity index (χ2v) is 12.6. The van der Waals surface area contributed by atoms with Crippen molar-refractivity contribution in [1.29, 1.82) is 0 Å². The van der Waals surface area contributed by atoms with E-state index in [9.17, 15) is 14.4 Å². The van der Waals surface area contributed by atoms with Crippen LogP contribution in [0.3, 0.4) is 0 Å². The maximum absolute atomic E-state index is 12.4. The molecule has 0 radical (unpaired) electrons. The molecule has 7 nitrogen and oxygen atoms in total. The van der Waals surface area contributed by atoms with Crippen LogP contribution in [0.1, 0.15) is 66.7 Å². The second kappa shape index (κ2) is 7.33. The smallest absolute Gasteiger partial charge is 0.303 e. The van der Waals surface area contributed by atoms with Crippen LogP contribution in [0.15, 0.2) is 12.2 Å². The second-order valence-electron chi connectivity index (χ2n) is 12.6. The highest BCUT2D eigenvalue weighted by molar-refractivity contribution is 5.68. The largest absolute Gasteiger partial charge is 0.462 e. The van der Waals surface area contributed by atoms with E-state index in [1.54, 1.807) is 0 Å². The number of carbonyl (C=O) groups excluding carboxylic acids is 3. The van der Waals surface area contributed by atoms with Crippen molar-refractivity contribution in [2.45, 2.75) is 91.1 Å². The Morgan fingerprint density at radius 2 is 1.71 bits per heavy atom. The molecule has 0 aromatic carbocycles. The fourth-order valence-corrected chi connectivity index (χ4v) is 10.9. The lowest BCUT2D eigenvalue weighted by atomic mass is 9.43. The van der Waals surface area contributed by atoms with Gasteiger partial charge in [0, 0.05) is 50.1 Å². The summed E-state index contributed by atoms with van der Waals surface area (Å²) >= 11 is 0. The van der Waals surface area contributed by atoms with Gasteiger partial charge in [0.15, 0.2) is 0 Å². The summed E-state index contributed by atoms with van der Waals surface area (Å²) < 4.78 is 18.3. The highest BCUT2D eigenvalue weighted by atomic mass is 16.6. The molecule has 1 aliphatic heterocycles. The highest BCUT2D eigenvalue weighted by Crippen LogP contribution is 2.84. The van der Waals surface area contributed by atoms with Crippen molar-refractivity contribution in [2.24, 2.45) is 39.9 Å². The molecular formula is C28H39NO6. The average Bonchev–Trinajstić information content (AvgIpc) is 3.29. The van der Waals surface area contributed by atoms with Gasteiger partial charge in [-0.05, 0) is 67.4 Å². The summed E-state index contributed by atoms with van der Waals surface area (Å²) in [6.07, 6.45) is 3.68. The van der Waals surface area contributed by atoms with Crippen LogP contribution in [-0.2, 0) is 28.6 Å². The van der Waals surface area contributed by atoms with Gasteiger partial charge in [-0.15, -0.1) is 0 Å². The molecule has 6 rings (SSSR count). The molecule has 1 heterocycles. The number of ether oxygens (including phenoxy) is 3. The van der Waals surface area contributed by atoms with E-state index in [0.29, 0.717) is 11.8 Å². The van der Waals surface area contributed by atoms with E-state index in [2.05, 4.69) is 25.3 Å². The Hall–Kier alpha value is -1.89. The molecule has 0 N–H and O–H groups in total. The minimum absolute atomic E-state index is 0.00710. The Balaban J connectivity index is 1.57. The van der Waals surface area contributed by atoms with Crippen molar-refractivity contribution >= 4 is 17.9 Å². The van der Waals surface area contributed by atoms with Crippen LogP contribution < -0.4 is 0 Å². The number of piperidine rings is 1. The van der Waals surface area contributed by atoms with Gasteiger partial charge in [0.25, 0.3) is 0 Å². The molecule has 0 amide bonds. The summed E-state index contributed by atoms with van der Waals surface area (Å²) in [6, 6.07) is 0.265. The van der Waals surface area contributed by atoms with Crippen molar-refractivity contribution in [2.75, 3.05) is 13.1 Å². The number of hydrogen-bond donors (Lipinski definition) is 0. The van der Waals surface area contributed by atoms with Gasteiger partial charge in [-0.25, -0.2) is 0 Å². The van der Waals surface area contributed by atoms with Crippen LogP contribution in [0.5, 0.6) is 0 Å². The van der Waals surface area contributed by atoms with Gasteiger partial charge >= 0.3 is 17.9 Å². The number of likely N-dealkylation sites (tertiary alicyclic amines) is 1. The zero-order valence-corrected chi connectivity index (χ0v) is 21.7. The molecule has 192 valence electrons. The van der Waals surface area contributed by atoms with Crippen LogP contribution in [0.25, 0.3) is 0 Å². The van der Waals surface area contributed by atoms with Crippen LogP contribution in [-0.4, -0.2) is 60.3 Å². The molecule has 0 aromatic heterocycles. The highest BCUT2D eigenvalue weighted by Gasteiger charge is 2.86. The van der Waals surface area contributed by atoms with Crippen LogP contribution in [0.2, 0.25) is 0 Å². The summed E-state index contributed by atoms with van der Waals surface area (Å²) in [5.74, 6) is 0.0890. The fraction of sp³-hybridized carbons (Fsp3) is 0.821. The molecule has 5 saturated carbocycles. The number of nitrogens with zero attached hydrogens (tertiary/aromatic N) is 1. The minimum atomic E-state index is -0.383. The molecule has 6 fully saturated rings. The SMILES string of the molecule is C=C1[C@@H](OC(C)=O)[C@]23C[C@@H]1[C@@H](OC(C)=O)C[C@H]2[C@@]12C4[C@H]3C[C@@H]1[C@@](C)(CC[C@H]2OC(C)=O)CN4CC. The Kier molecular flexibility index (Phi) is 4.92. The molecule has 0 aromatic rings. The molecule has 7 heteroatoms. The number of esters is 3. The van der Waals surface area contributed by atoms with Crippen molar-refractivity contribution in [3.05, 3.63) is 12.2 Å². The van der Waals surface area contributed by atoms with Crippen LogP contribution in [0.4, 0.5) is 0 Å². The molecule has 1 unspecified atom stereocenters. The number of carbonyl (C=O) groups is 3. The normalized spacial score (nSPS) is 51.1. The van der Waals surface area contributed by atoms with E-state index < -0.39 is 0 Å². The van der Waals surface area contributed by atoms with Gasteiger partial charge < -0.3 is 14.2 Å². The molecule has 7 bridgehead atoms. The third-order valence-corrected chi connectivity index (χ3v) is 11.4.